The monoisotopic (exact) mass is 364 g/mol. The quantitative estimate of drug-likeness (QED) is 0.612. The molecule has 1 aliphatic rings. The first-order valence-corrected chi connectivity index (χ1v) is 8.98. The number of carboxylic acid groups (broad SMARTS) is 1. The normalized spacial score (nSPS) is 19.8. The van der Waals surface area contributed by atoms with Crippen LogP contribution in [-0.4, -0.2) is 53.9 Å². The van der Waals surface area contributed by atoms with Crippen LogP contribution in [0.4, 0.5) is 4.79 Å². The van der Waals surface area contributed by atoms with E-state index >= 15 is 0 Å². The van der Waals surface area contributed by atoms with Crippen LogP contribution in [-0.2, 0) is 10.3 Å². The number of hydrogen-bond acceptors (Lipinski definition) is 4. The number of methoxy groups -OCH3 is 1. The third kappa shape index (κ3) is 4.74. The van der Waals surface area contributed by atoms with E-state index in [1.165, 1.54) is 4.90 Å². The maximum absolute atomic E-state index is 11.6. The van der Waals surface area contributed by atoms with Gasteiger partial charge in [0.25, 0.3) is 0 Å². The summed E-state index contributed by atoms with van der Waals surface area (Å²) in [5.41, 5.74) is 5.12. The lowest BCUT2D eigenvalue weighted by atomic mass is 9.74. The minimum atomic E-state index is -1.21. The van der Waals surface area contributed by atoms with Crippen LogP contribution in [0.2, 0.25) is 0 Å². The predicted octanol–water partition coefficient (Wildman–Crippen LogP) is 2.18. The van der Waals surface area contributed by atoms with Crippen LogP contribution in [0.15, 0.2) is 24.3 Å². The summed E-state index contributed by atoms with van der Waals surface area (Å²) < 4.78 is 5.08. The molecule has 144 valence electrons. The lowest BCUT2D eigenvalue weighted by Crippen LogP contribution is -2.47. The summed E-state index contributed by atoms with van der Waals surface area (Å²) in [6, 6.07) is 6.72. The zero-order chi connectivity index (χ0) is 19.2. The van der Waals surface area contributed by atoms with Gasteiger partial charge in [-0.25, -0.2) is 4.79 Å². The highest BCUT2D eigenvalue weighted by Crippen LogP contribution is 2.40. The van der Waals surface area contributed by atoms with Crippen molar-refractivity contribution in [1.82, 2.24) is 4.90 Å². The topological polar surface area (TPSA) is 113 Å². The van der Waals surface area contributed by atoms with Crippen LogP contribution >= 0.6 is 0 Å². The third-order valence-corrected chi connectivity index (χ3v) is 5.17. The summed E-state index contributed by atoms with van der Waals surface area (Å²) >= 11 is 0. The number of rotatable bonds is 8. The molecule has 0 bridgehead atoms. The molecule has 0 saturated carbocycles. The molecular formula is C19H28N2O5. The number of amides is 2. The van der Waals surface area contributed by atoms with E-state index in [2.05, 4.69) is 0 Å². The Bertz CT molecular complexity index is 636. The number of aliphatic hydroxyl groups is 1. The minimum Gasteiger partial charge on any atom is -0.465 e. The first-order chi connectivity index (χ1) is 12.4. The molecule has 1 aromatic carbocycles. The van der Waals surface area contributed by atoms with Gasteiger partial charge in [0.1, 0.15) is 0 Å². The Balaban J connectivity index is 2.30. The summed E-state index contributed by atoms with van der Waals surface area (Å²) in [5.74, 6) is -0.789. The number of nitrogens with two attached hydrogens (primary N) is 1. The summed E-state index contributed by atoms with van der Waals surface area (Å²) in [7, 11) is 1.63. The predicted molar refractivity (Wildman–Crippen MR) is 96.9 cm³/mol. The van der Waals surface area contributed by atoms with Gasteiger partial charge < -0.3 is 25.6 Å². The number of carbonyl (C=O) groups excluding carboxylic acids is 1. The molecular weight excluding hydrogens is 336 g/mol. The van der Waals surface area contributed by atoms with Crippen molar-refractivity contribution in [2.24, 2.45) is 11.7 Å². The number of likely N-dealkylation sites (tertiary alicyclic amines) is 1. The van der Waals surface area contributed by atoms with Crippen molar-refractivity contribution in [2.45, 2.75) is 37.7 Å². The van der Waals surface area contributed by atoms with Crippen LogP contribution in [0.25, 0.3) is 0 Å². The van der Waals surface area contributed by atoms with Crippen LogP contribution < -0.4 is 5.73 Å². The van der Waals surface area contributed by atoms with Gasteiger partial charge >= 0.3 is 6.09 Å². The van der Waals surface area contributed by atoms with Crippen molar-refractivity contribution >= 4 is 12.0 Å². The molecule has 0 aliphatic carbocycles. The van der Waals surface area contributed by atoms with Crippen molar-refractivity contribution in [2.75, 3.05) is 26.8 Å². The summed E-state index contributed by atoms with van der Waals surface area (Å²) in [6.07, 6.45) is 2.45. The number of unbranched alkanes of at least 4 members (excludes halogenated alkanes) is 1. The number of piperidine rings is 1. The van der Waals surface area contributed by atoms with Crippen LogP contribution in [0, 0.1) is 5.92 Å². The van der Waals surface area contributed by atoms with Crippen molar-refractivity contribution in [3.63, 3.8) is 0 Å². The second kappa shape index (κ2) is 9.00. The fourth-order valence-electron chi connectivity index (χ4n) is 3.71. The van der Waals surface area contributed by atoms with E-state index < -0.39 is 17.6 Å². The summed E-state index contributed by atoms with van der Waals surface area (Å²) in [4.78, 5) is 24.3. The standard InChI is InChI=1S/C19H28N2O5/c1-26-11-3-2-9-19(25,15-7-4-6-14(12-15)17(20)22)16-8-5-10-21(13-16)18(23)24/h4,6-7,12,16,25H,2-3,5,8-11,13H2,1H3,(H2,20,22)(H,23,24)/t16?,19-/m1/s1. The Labute approximate surface area is 153 Å². The molecule has 2 amide bonds. The fraction of sp³-hybridized carbons (Fsp3) is 0.579. The first-order valence-electron chi connectivity index (χ1n) is 8.98. The van der Waals surface area contributed by atoms with Crippen LogP contribution in [0.5, 0.6) is 0 Å². The molecule has 1 saturated heterocycles. The van der Waals surface area contributed by atoms with Gasteiger partial charge in [-0.05, 0) is 49.8 Å². The van der Waals surface area contributed by atoms with Crippen LogP contribution in [0.3, 0.4) is 0 Å². The van der Waals surface area contributed by atoms with E-state index in [1.807, 2.05) is 0 Å². The highest BCUT2D eigenvalue weighted by atomic mass is 16.5. The maximum Gasteiger partial charge on any atom is 0.407 e. The molecule has 1 fully saturated rings. The van der Waals surface area contributed by atoms with E-state index in [1.54, 1.807) is 31.4 Å². The maximum atomic E-state index is 11.6. The molecule has 4 N–H and O–H groups in total. The fourth-order valence-corrected chi connectivity index (χ4v) is 3.71. The van der Waals surface area contributed by atoms with Gasteiger partial charge in [0.15, 0.2) is 0 Å². The van der Waals surface area contributed by atoms with Gasteiger partial charge in [-0.3, -0.25) is 4.79 Å². The van der Waals surface area contributed by atoms with Gasteiger partial charge in [0.2, 0.25) is 5.91 Å². The van der Waals surface area contributed by atoms with Gasteiger partial charge in [-0.1, -0.05) is 12.1 Å². The van der Waals surface area contributed by atoms with Crippen molar-refractivity contribution in [1.29, 1.82) is 0 Å². The van der Waals surface area contributed by atoms with Gasteiger partial charge in [0.05, 0.1) is 5.60 Å². The van der Waals surface area contributed by atoms with Crippen molar-refractivity contribution in [3.8, 4) is 0 Å². The van der Waals surface area contributed by atoms with Crippen LogP contribution in [0.1, 0.15) is 48.0 Å². The Morgan fingerprint density at radius 3 is 2.81 bits per heavy atom. The first kappa shape index (κ1) is 20.2. The van der Waals surface area contributed by atoms with E-state index in [0.29, 0.717) is 37.1 Å². The highest BCUT2D eigenvalue weighted by Gasteiger charge is 2.41. The largest absolute Gasteiger partial charge is 0.465 e. The van der Waals surface area contributed by atoms with Gasteiger partial charge in [-0.15, -0.1) is 0 Å². The highest BCUT2D eigenvalue weighted by molar-refractivity contribution is 5.92. The van der Waals surface area contributed by atoms with E-state index in [-0.39, 0.29) is 12.5 Å². The molecule has 1 aromatic rings. The molecule has 7 heteroatoms. The summed E-state index contributed by atoms with van der Waals surface area (Å²) in [5, 5.41) is 20.9. The lowest BCUT2D eigenvalue weighted by molar-refractivity contribution is -0.0585. The third-order valence-electron chi connectivity index (χ3n) is 5.17. The molecule has 26 heavy (non-hydrogen) atoms. The molecule has 0 radical (unpaired) electrons. The van der Waals surface area contributed by atoms with E-state index in [4.69, 9.17) is 10.5 Å². The Morgan fingerprint density at radius 2 is 2.15 bits per heavy atom. The zero-order valence-corrected chi connectivity index (χ0v) is 15.2. The second-order valence-electron chi connectivity index (χ2n) is 6.89. The zero-order valence-electron chi connectivity index (χ0n) is 15.2. The molecule has 2 atom stereocenters. The molecule has 0 aromatic heterocycles. The van der Waals surface area contributed by atoms with Gasteiger partial charge in [-0.2, -0.15) is 0 Å². The van der Waals surface area contributed by atoms with Gasteiger partial charge in [0, 0.05) is 38.3 Å². The Kier molecular flexibility index (Phi) is 6.99. The molecule has 7 nitrogen and oxygen atoms in total. The smallest absolute Gasteiger partial charge is 0.407 e. The molecule has 2 rings (SSSR count). The molecule has 1 aliphatic heterocycles. The average molecular weight is 364 g/mol. The number of benzene rings is 1. The number of ether oxygens (including phenoxy) is 1. The van der Waals surface area contributed by atoms with Crippen molar-refractivity contribution < 1.29 is 24.5 Å². The van der Waals surface area contributed by atoms with Crippen molar-refractivity contribution in [3.05, 3.63) is 35.4 Å². The Hall–Kier alpha value is -2.12. The number of primary amides is 1. The lowest BCUT2D eigenvalue weighted by Gasteiger charge is -2.42. The second-order valence-corrected chi connectivity index (χ2v) is 6.89. The summed E-state index contributed by atoms with van der Waals surface area (Å²) in [6.45, 7) is 1.35. The molecule has 1 heterocycles. The number of hydrogen-bond donors (Lipinski definition) is 3. The van der Waals surface area contributed by atoms with E-state index in [9.17, 15) is 19.8 Å². The average Bonchev–Trinajstić information content (AvgIpc) is 2.65. The number of carbonyl (C=O) groups is 2. The SMILES string of the molecule is COCCCC[C@@](O)(c1cccc(C(N)=O)c1)C1CCCN(C(=O)O)C1. The minimum absolute atomic E-state index is 0.238. The molecule has 1 unspecified atom stereocenters. The molecule has 0 spiro atoms. The number of nitrogens with zero attached hydrogens (tertiary/aromatic N) is 1. The van der Waals surface area contributed by atoms with E-state index in [0.717, 1.165) is 19.3 Å². The Morgan fingerprint density at radius 1 is 1.38 bits per heavy atom.